The molecule has 1 unspecified atom stereocenters. The van der Waals surface area contributed by atoms with Gasteiger partial charge in [-0.15, -0.1) is 0 Å². The first kappa shape index (κ1) is 16.0. The maximum absolute atomic E-state index is 9.71. The lowest BCUT2D eigenvalue weighted by Gasteiger charge is -2.12. The summed E-state index contributed by atoms with van der Waals surface area (Å²) in [7, 11) is 0. The highest BCUT2D eigenvalue weighted by atomic mass is 35.5. The van der Waals surface area contributed by atoms with Crippen molar-refractivity contribution in [2.24, 2.45) is 5.10 Å². The van der Waals surface area contributed by atoms with Gasteiger partial charge in [0.15, 0.2) is 5.11 Å². The molecular formula is C12H15Cl2N3OS. The van der Waals surface area contributed by atoms with Gasteiger partial charge in [-0.1, -0.05) is 30.1 Å². The van der Waals surface area contributed by atoms with Gasteiger partial charge in [0.1, 0.15) is 5.75 Å². The zero-order valence-corrected chi connectivity index (χ0v) is 12.9. The third-order valence-electron chi connectivity index (χ3n) is 2.42. The number of phenolic OH excluding ortho intramolecular Hbond substituents is 1. The molecule has 1 atom stereocenters. The van der Waals surface area contributed by atoms with Crippen LogP contribution in [0.5, 0.6) is 5.75 Å². The largest absolute Gasteiger partial charge is 0.506 e. The Balaban J connectivity index is 2.65. The molecule has 7 heteroatoms. The summed E-state index contributed by atoms with van der Waals surface area (Å²) in [6.45, 7) is 4.07. The number of hydrazone groups is 1. The molecular weight excluding hydrogens is 305 g/mol. The van der Waals surface area contributed by atoms with E-state index < -0.39 is 0 Å². The van der Waals surface area contributed by atoms with E-state index >= 15 is 0 Å². The van der Waals surface area contributed by atoms with E-state index in [0.29, 0.717) is 15.7 Å². The molecule has 0 fully saturated rings. The molecule has 0 spiro atoms. The average molecular weight is 320 g/mol. The van der Waals surface area contributed by atoms with E-state index in [1.54, 1.807) is 6.07 Å². The van der Waals surface area contributed by atoms with Gasteiger partial charge in [-0.3, -0.25) is 5.43 Å². The molecule has 0 aliphatic carbocycles. The minimum Gasteiger partial charge on any atom is -0.506 e. The van der Waals surface area contributed by atoms with Gasteiger partial charge in [0.2, 0.25) is 0 Å². The van der Waals surface area contributed by atoms with Crippen molar-refractivity contribution in [3.63, 3.8) is 0 Å². The fraction of sp³-hybridized carbons (Fsp3) is 0.333. The van der Waals surface area contributed by atoms with Crippen molar-refractivity contribution < 1.29 is 5.11 Å². The van der Waals surface area contributed by atoms with Crippen LogP contribution in [0.2, 0.25) is 10.0 Å². The zero-order chi connectivity index (χ0) is 14.4. The third kappa shape index (κ3) is 5.22. The Hall–Kier alpha value is -1.04. The smallest absolute Gasteiger partial charge is 0.187 e. The van der Waals surface area contributed by atoms with Gasteiger partial charge in [0.25, 0.3) is 0 Å². The maximum Gasteiger partial charge on any atom is 0.187 e. The van der Waals surface area contributed by atoms with Crippen LogP contribution in [-0.4, -0.2) is 22.5 Å². The first-order chi connectivity index (χ1) is 8.93. The molecule has 0 aliphatic rings. The summed E-state index contributed by atoms with van der Waals surface area (Å²) < 4.78 is 0. The standard InChI is InChI=1S/C12H15Cl2N3OS/c1-3-7(2)16-12(19)17-15-6-8-4-9(13)5-10(14)11(8)18/h4-7,18H,3H2,1-2H3,(H2,16,17,19). The molecule has 0 aliphatic heterocycles. The van der Waals surface area contributed by atoms with E-state index in [1.165, 1.54) is 12.3 Å². The van der Waals surface area contributed by atoms with Crippen LogP contribution >= 0.6 is 35.4 Å². The second-order valence-electron chi connectivity index (χ2n) is 3.98. The number of halogens is 2. The first-order valence-corrected chi connectivity index (χ1v) is 6.88. The summed E-state index contributed by atoms with van der Waals surface area (Å²) >= 11 is 16.7. The van der Waals surface area contributed by atoms with Gasteiger partial charge in [0.05, 0.1) is 11.2 Å². The van der Waals surface area contributed by atoms with Crippen LogP contribution in [0.3, 0.4) is 0 Å². The minimum atomic E-state index is -0.0718. The van der Waals surface area contributed by atoms with Crippen molar-refractivity contribution in [3.8, 4) is 5.75 Å². The van der Waals surface area contributed by atoms with Gasteiger partial charge in [-0.25, -0.2) is 0 Å². The van der Waals surface area contributed by atoms with Crippen LogP contribution in [0, 0.1) is 0 Å². The van der Waals surface area contributed by atoms with Crippen LogP contribution in [0.15, 0.2) is 17.2 Å². The monoisotopic (exact) mass is 319 g/mol. The zero-order valence-electron chi connectivity index (χ0n) is 10.6. The second kappa shape index (κ2) is 7.53. The lowest BCUT2D eigenvalue weighted by molar-refractivity contribution is 0.474. The first-order valence-electron chi connectivity index (χ1n) is 5.71. The molecule has 104 valence electrons. The Kier molecular flexibility index (Phi) is 6.34. The number of rotatable bonds is 4. The van der Waals surface area contributed by atoms with Crippen molar-refractivity contribution in [3.05, 3.63) is 27.7 Å². The number of thiocarbonyl (C=S) groups is 1. The Labute approximate surface area is 127 Å². The van der Waals surface area contributed by atoms with Crippen LogP contribution < -0.4 is 10.7 Å². The normalized spacial score (nSPS) is 12.4. The van der Waals surface area contributed by atoms with Crippen molar-refractivity contribution in [2.45, 2.75) is 26.3 Å². The number of benzene rings is 1. The fourth-order valence-electron chi connectivity index (χ4n) is 1.20. The Morgan fingerprint density at radius 3 is 2.84 bits per heavy atom. The minimum absolute atomic E-state index is 0.0718. The summed E-state index contributed by atoms with van der Waals surface area (Å²) in [6.07, 6.45) is 2.36. The highest BCUT2D eigenvalue weighted by Crippen LogP contribution is 2.29. The van der Waals surface area contributed by atoms with Gasteiger partial charge in [0, 0.05) is 16.6 Å². The molecule has 4 nitrogen and oxygen atoms in total. The van der Waals surface area contributed by atoms with Crippen LogP contribution in [0.25, 0.3) is 0 Å². The maximum atomic E-state index is 9.71. The molecule has 3 N–H and O–H groups in total. The van der Waals surface area contributed by atoms with Gasteiger partial charge < -0.3 is 10.4 Å². The van der Waals surface area contributed by atoms with Gasteiger partial charge >= 0.3 is 0 Å². The summed E-state index contributed by atoms with van der Waals surface area (Å²) in [4.78, 5) is 0. The highest BCUT2D eigenvalue weighted by Gasteiger charge is 2.06. The molecule has 0 heterocycles. The number of hydrogen-bond acceptors (Lipinski definition) is 3. The van der Waals surface area contributed by atoms with Crippen molar-refractivity contribution in [2.75, 3.05) is 0 Å². The van der Waals surface area contributed by atoms with E-state index in [1.807, 2.05) is 6.92 Å². The number of phenols is 1. The van der Waals surface area contributed by atoms with Crippen LogP contribution in [0.4, 0.5) is 0 Å². The van der Waals surface area contributed by atoms with Gasteiger partial charge in [-0.05, 0) is 37.7 Å². The lowest BCUT2D eigenvalue weighted by atomic mass is 10.2. The number of nitrogens with one attached hydrogen (secondary N) is 2. The van der Waals surface area contributed by atoms with Crippen molar-refractivity contribution in [1.29, 1.82) is 0 Å². The number of hydrogen-bond donors (Lipinski definition) is 3. The predicted octanol–water partition coefficient (Wildman–Crippen LogP) is 3.30. The molecule has 0 aromatic heterocycles. The quantitative estimate of drug-likeness (QED) is 0.453. The van der Waals surface area contributed by atoms with Crippen LogP contribution in [-0.2, 0) is 0 Å². The fourth-order valence-corrected chi connectivity index (χ4v) is 1.97. The number of aromatic hydroxyl groups is 1. The van der Waals surface area contributed by atoms with Crippen molar-refractivity contribution >= 4 is 46.7 Å². The van der Waals surface area contributed by atoms with E-state index in [-0.39, 0.29) is 16.8 Å². The third-order valence-corrected chi connectivity index (χ3v) is 3.13. The van der Waals surface area contributed by atoms with Crippen LogP contribution in [0.1, 0.15) is 25.8 Å². The number of nitrogens with zero attached hydrogens (tertiary/aromatic N) is 1. The lowest BCUT2D eigenvalue weighted by Crippen LogP contribution is -2.37. The molecule has 19 heavy (non-hydrogen) atoms. The van der Waals surface area contributed by atoms with E-state index in [2.05, 4.69) is 22.8 Å². The van der Waals surface area contributed by atoms with Crippen molar-refractivity contribution in [1.82, 2.24) is 10.7 Å². The van der Waals surface area contributed by atoms with E-state index in [0.717, 1.165) is 6.42 Å². The molecule has 1 rings (SSSR count). The molecule has 0 bridgehead atoms. The predicted molar refractivity (Wildman–Crippen MR) is 84.3 cm³/mol. The van der Waals surface area contributed by atoms with E-state index in [9.17, 15) is 5.11 Å². The molecule has 0 radical (unpaired) electrons. The summed E-state index contributed by atoms with van der Waals surface area (Å²) in [5.41, 5.74) is 3.07. The molecule has 0 saturated carbocycles. The van der Waals surface area contributed by atoms with Gasteiger partial charge in [-0.2, -0.15) is 5.10 Å². The molecule has 1 aromatic carbocycles. The SMILES string of the molecule is CCC(C)NC(=S)NN=Cc1cc(Cl)cc(Cl)c1O. The Bertz CT molecular complexity index is 494. The summed E-state index contributed by atoms with van der Waals surface area (Å²) in [6, 6.07) is 3.28. The molecule has 0 amide bonds. The summed E-state index contributed by atoms with van der Waals surface area (Å²) in [5.74, 6) is -0.0718. The molecule has 0 saturated heterocycles. The van der Waals surface area contributed by atoms with E-state index in [4.69, 9.17) is 35.4 Å². The highest BCUT2D eigenvalue weighted by molar-refractivity contribution is 7.80. The summed E-state index contributed by atoms with van der Waals surface area (Å²) in [5, 5.41) is 17.7. The topological polar surface area (TPSA) is 56.7 Å². The Morgan fingerprint density at radius 2 is 2.21 bits per heavy atom. The second-order valence-corrected chi connectivity index (χ2v) is 5.23. The Morgan fingerprint density at radius 1 is 1.53 bits per heavy atom. The molecule has 1 aromatic rings. The average Bonchev–Trinajstić information content (AvgIpc) is 2.34.